The Bertz CT molecular complexity index is 296. The molecule has 1 amide bonds. The van der Waals surface area contributed by atoms with Gasteiger partial charge in [0.15, 0.2) is 0 Å². The van der Waals surface area contributed by atoms with Crippen LogP contribution in [0, 0.1) is 0 Å². The molecule has 0 saturated heterocycles. The molecule has 1 rings (SSSR count). The smallest absolute Gasteiger partial charge is 0.408 e. The molecule has 0 bridgehead atoms. The Morgan fingerprint density at radius 1 is 1.37 bits per heavy atom. The summed E-state index contributed by atoms with van der Waals surface area (Å²) < 4.78 is 10.4. The molecule has 0 spiro atoms. The van der Waals surface area contributed by atoms with Crippen molar-refractivity contribution in [3.05, 3.63) is 0 Å². The van der Waals surface area contributed by atoms with Gasteiger partial charge in [0.05, 0.1) is 12.1 Å². The molecule has 1 aliphatic carbocycles. The molecular weight excluding hydrogens is 244 g/mol. The van der Waals surface area contributed by atoms with Gasteiger partial charge in [-0.25, -0.2) is 4.79 Å². The lowest BCUT2D eigenvalue weighted by Crippen LogP contribution is -2.60. The number of nitrogens with one attached hydrogen (secondary N) is 2. The van der Waals surface area contributed by atoms with Crippen molar-refractivity contribution in [2.45, 2.75) is 64.1 Å². The molecule has 0 aromatic heterocycles. The molecule has 1 aliphatic rings. The summed E-state index contributed by atoms with van der Waals surface area (Å²) in [6, 6.07) is 0.280. The third kappa shape index (κ3) is 5.78. The van der Waals surface area contributed by atoms with Gasteiger partial charge in [-0.2, -0.15) is 0 Å². The molecule has 0 radical (unpaired) electrons. The number of hydrogen-bond donors (Lipinski definition) is 2. The van der Waals surface area contributed by atoms with Crippen molar-refractivity contribution in [2.24, 2.45) is 0 Å². The predicted molar refractivity (Wildman–Crippen MR) is 75.3 cm³/mol. The van der Waals surface area contributed by atoms with Crippen LogP contribution in [0.5, 0.6) is 0 Å². The van der Waals surface area contributed by atoms with Crippen LogP contribution >= 0.6 is 0 Å². The number of hydrogen-bond acceptors (Lipinski definition) is 4. The maximum absolute atomic E-state index is 11.9. The van der Waals surface area contributed by atoms with Crippen LogP contribution in [0.15, 0.2) is 0 Å². The molecule has 0 heterocycles. The van der Waals surface area contributed by atoms with Gasteiger partial charge < -0.3 is 20.1 Å². The monoisotopic (exact) mass is 272 g/mol. The van der Waals surface area contributed by atoms with E-state index in [4.69, 9.17) is 9.47 Å². The molecule has 0 aromatic carbocycles. The zero-order chi connectivity index (χ0) is 14.5. The van der Waals surface area contributed by atoms with E-state index in [1.54, 1.807) is 7.11 Å². The van der Waals surface area contributed by atoms with Crippen molar-refractivity contribution in [3.8, 4) is 0 Å². The molecule has 1 unspecified atom stereocenters. The summed E-state index contributed by atoms with van der Waals surface area (Å²) in [5.41, 5.74) is -0.601. The number of carbonyl (C=O) groups is 1. The molecule has 19 heavy (non-hydrogen) atoms. The van der Waals surface area contributed by atoms with Crippen molar-refractivity contribution in [3.63, 3.8) is 0 Å². The quantitative estimate of drug-likeness (QED) is 0.777. The highest BCUT2D eigenvalue weighted by Gasteiger charge is 2.39. The number of methoxy groups -OCH3 is 1. The summed E-state index contributed by atoms with van der Waals surface area (Å²) in [4.78, 5) is 11.9. The van der Waals surface area contributed by atoms with Gasteiger partial charge in [0.2, 0.25) is 0 Å². The van der Waals surface area contributed by atoms with Crippen molar-refractivity contribution in [2.75, 3.05) is 20.3 Å². The Morgan fingerprint density at radius 2 is 2.00 bits per heavy atom. The average molecular weight is 272 g/mol. The van der Waals surface area contributed by atoms with Gasteiger partial charge in [-0.1, -0.05) is 0 Å². The number of amides is 1. The summed E-state index contributed by atoms with van der Waals surface area (Å²) >= 11 is 0. The standard InChI is InChI=1S/C14H28N2O3/c1-11(9-18-5)15-10-14(7-6-8-14)16-12(17)19-13(2,3)4/h11,15H,6-10H2,1-5H3,(H,16,17). The lowest BCUT2D eigenvalue weighted by molar-refractivity contribution is 0.0375. The fourth-order valence-corrected chi connectivity index (χ4v) is 2.15. The lowest BCUT2D eigenvalue weighted by Gasteiger charge is -2.43. The fourth-order valence-electron chi connectivity index (χ4n) is 2.15. The summed E-state index contributed by atoms with van der Waals surface area (Å²) in [7, 11) is 1.69. The van der Waals surface area contributed by atoms with Crippen LogP contribution in [0.2, 0.25) is 0 Å². The maximum atomic E-state index is 11.9. The van der Waals surface area contributed by atoms with Crippen molar-refractivity contribution < 1.29 is 14.3 Å². The molecule has 5 heteroatoms. The van der Waals surface area contributed by atoms with Crippen LogP contribution < -0.4 is 10.6 Å². The molecule has 1 fully saturated rings. The number of alkyl carbamates (subject to hydrolysis) is 1. The molecule has 112 valence electrons. The molecule has 1 saturated carbocycles. The Balaban J connectivity index is 2.41. The highest BCUT2D eigenvalue weighted by Crippen LogP contribution is 2.31. The van der Waals surface area contributed by atoms with Crippen LogP contribution in [0.25, 0.3) is 0 Å². The molecule has 5 nitrogen and oxygen atoms in total. The Morgan fingerprint density at radius 3 is 2.42 bits per heavy atom. The Kier molecular flexibility index (Phi) is 5.62. The summed E-state index contributed by atoms with van der Waals surface area (Å²) in [5.74, 6) is 0. The van der Waals surface area contributed by atoms with Gasteiger partial charge in [0.1, 0.15) is 5.60 Å². The van der Waals surface area contributed by atoms with Crippen LogP contribution in [-0.4, -0.2) is 43.5 Å². The predicted octanol–water partition coefficient (Wildman–Crippen LogP) is 2.06. The number of rotatable bonds is 6. The SMILES string of the molecule is COCC(C)NCC1(NC(=O)OC(C)(C)C)CCC1. The second kappa shape index (κ2) is 6.57. The summed E-state index contributed by atoms with van der Waals surface area (Å²) in [5, 5.41) is 6.42. The van der Waals surface area contributed by atoms with E-state index in [2.05, 4.69) is 17.6 Å². The number of carbonyl (C=O) groups excluding carboxylic acids is 1. The Labute approximate surface area is 116 Å². The van der Waals surface area contributed by atoms with E-state index in [1.807, 2.05) is 20.8 Å². The second-order valence-corrected chi connectivity index (χ2v) is 6.50. The highest BCUT2D eigenvalue weighted by molar-refractivity contribution is 5.69. The zero-order valence-corrected chi connectivity index (χ0v) is 12.8. The van der Waals surface area contributed by atoms with E-state index in [1.165, 1.54) is 0 Å². The van der Waals surface area contributed by atoms with Crippen LogP contribution in [-0.2, 0) is 9.47 Å². The molecule has 0 aliphatic heterocycles. The normalized spacial score (nSPS) is 19.4. The van der Waals surface area contributed by atoms with E-state index in [-0.39, 0.29) is 17.7 Å². The first-order valence-corrected chi connectivity index (χ1v) is 7.00. The minimum absolute atomic E-state index is 0.148. The van der Waals surface area contributed by atoms with Gasteiger partial charge in [0, 0.05) is 19.7 Å². The first kappa shape index (κ1) is 16.2. The van der Waals surface area contributed by atoms with Gasteiger partial charge in [-0.05, 0) is 47.0 Å². The van der Waals surface area contributed by atoms with E-state index >= 15 is 0 Å². The average Bonchev–Trinajstić information content (AvgIpc) is 2.19. The Hall–Kier alpha value is -0.810. The van der Waals surface area contributed by atoms with Gasteiger partial charge in [-0.15, -0.1) is 0 Å². The number of ether oxygens (including phenoxy) is 2. The summed E-state index contributed by atoms with van der Waals surface area (Å²) in [6.07, 6.45) is 2.82. The van der Waals surface area contributed by atoms with Crippen molar-refractivity contribution >= 4 is 6.09 Å². The molecular formula is C14H28N2O3. The molecule has 1 atom stereocenters. The third-order valence-electron chi connectivity index (χ3n) is 3.28. The second-order valence-electron chi connectivity index (χ2n) is 6.50. The van der Waals surface area contributed by atoms with Crippen molar-refractivity contribution in [1.82, 2.24) is 10.6 Å². The minimum atomic E-state index is -0.453. The lowest BCUT2D eigenvalue weighted by atomic mass is 9.76. The van der Waals surface area contributed by atoms with Crippen molar-refractivity contribution in [1.29, 1.82) is 0 Å². The van der Waals surface area contributed by atoms with Gasteiger partial charge in [-0.3, -0.25) is 0 Å². The van der Waals surface area contributed by atoms with Gasteiger partial charge >= 0.3 is 6.09 Å². The van der Waals surface area contributed by atoms with E-state index < -0.39 is 5.60 Å². The fraction of sp³-hybridized carbons (Fsp3) is 0.929. The first-order valence-electron chi connectivity index (χ1n) is 7.00. The molecule has 0 aromatic rings. The van der Waals surface area contributed by atoms with Crippen LogP contribution in [0.4, 0.5) is 4.79 Å². The topological polar surface area (TPSA) is 59.6 Å². The maximum Gasteiger partial charge on any atom is 0.408 e. The highest BCUT2D eigenvalue weighted by atomic mass is 16.6. The van der Waals surface area contributed by atoms with E-state index in [0.717, 1.165) is 25.8 Å². The third-order valence-corrected chi connectivity index (χ3v) is 3.28. The summed E-state index contributed by atoms with van der Waals surface area (Å²) in [6.45, 7) is 9.12. The molecule has 2 N–H and O–H groups in total. The largest absolute Gasteiger partial charge is 0.444 e. The van der Waals surface area contributed by atoms with E-state index in [0.29, 0.717) is 6.61 Å². The zero-order valence-electron chi connectivity index (χ0n) is 12.8. The van der Waals surface area contributed by atoms with E-state index in [9.17, 15) is 4.79 Å². The van der Waals surface area contributed by atoms with Gasteiger partial charge in [0.25, 0.3) is 0 Å². The van der Waals surface area contributed by atoms with Crippen LogP contribution in [0.3, 0.4) is 0 Å². The first-order chi connectivity index (χ1) is 8.76. The van der Waals surface area contributed by atoms with Crippen LogP contribution in [0.1, 0.15) is 47.0 Å². The minimum Gasteiger partial charge on any atom is -0.444 e.